The summed E-state index contributed by atoms with van der Waals surface area (Å²) < 4.78 is 14.9. The number of aryl methyl sites for hydroxylation is 1. The number of nitro groups is 1. The Bertz CT molecular complexity index is 704. The number of halogens is 2. The van der Waals surface area contributed by atoms with Crippen molar-refractivity contribution in [1.29, 1.82) is 0 Å². The van der Waals surface area contributed by atoms with E-state index in [0.29, 0.717) is 0 Å². The Morgan fingerprint density at radius 2 is 2.24 bits per heavy atom. The molecule has 3 rings (SSSR count). The summed E-state index contributed by atoms with van der Waals surface area (Å²) in [6, 6.07) is 5.60. The maximum absolute atomic E-state index is 13.9. The van der Waals surface area contributed by atoms with Gasteiger partial charge in [-0.1, -0.05) is 0 Å². The van der Waals surface area contributed by atoms with Crippen LogP contribution in [0.15, 0.2) is 28.1 Å². The van der Waals surface area contributed by atoms with Crippen molar-refractivity contribution < 1.29 is 9.31 Å². The van der Waals surface area contributed by atoms with E-state index in [1.165, 1.54) is 17.0 Å². The minimum atomic E-state index is -0.516. The number of hydrogen-bond donors (Lipinski definition) is 1. The molecule has 0 bridgehead atoms. The second kappa shape index (κ2) is 5.73. The lowest BCUT2D eigenvalue weighted by Gasteiger charge is -2.24. The maximum Gasteiger partial charge on any atom is 0.271 e. The Hall–Kier alpha value is -1.47. The largest absolute Gasteiger partial charge is 0.376 e. The van der Waals surface area contributed by atoms with E-state index in [-0.39, 0.29) is 17.4 Å². The molecule has 0 saturated heterocycles. The van der Waals surface area contributed by atoms with Crippen LogP contribution < -0.4 is 5.32 Å². The summed E-state index contributed by atoms with van der Waals surface area (Å²) in [5.41, 5.74) is 1.23. The Morgan fingerprint density at radius 3 is 3.00 bits per heavy atom. The van der Waals surface area contributed by atoms with Gasteiger partial charge in [-0.3, -0.25) is 10.1 Å². The molecular weight excluding hydrogens is 359 g/mol. The molecule has 0 fully saturated rings. The minimum Gasteiger partial charge on any atom is -0.376 e. The molecule has 21 heavy (non-hydrogen) atoms. The third-order valence-corrected chi connectivity index (χ3v) is 5.29. The number of fused-ring (bicyclic) bond motifs is 1. The van der Waals surface area contributed by atoms with Gasteiger partial charge in [-0.15, -0.1) is 11.3 Å². The summed E-state index contributed by atoms with van der Waals surface area (Å²) >= 11 is 5.17. The van der Waals surface area contributed by atoms with Crippen molar-refractivity contribution in [2.75, 3.05) is 5.32 Å². The molecule has 1 unspecified atom stereocenters. The monoisotopic (exact) mass is 370 g/mol. The number of thiophene rings is 1. The molecule has 1 N–H and O–H groups in total. The lowest BCUT2D eigenvalue weighted by Crippen LogP contribution is -2.16. The zero-order valence-corrected chi connectivity index (χ0v) is 13.3. The number of nitro benzene ring substituents is 1. The van der Waals surface area contributed by atoms with Crippen LogP contribution in [0.1, 0.15) is 29.3 Å². The highest BCUT2D eigenvalue weighted by atomic mass is 79.9. The number of non-ortho nitro benzene ring substituents is 1. The van der Waals surface area contributed by atoms with Gasteiger partial charge in [-0.05, 0) is 52.9 Å². The number of hydrogen-bond acceptors (Lipinski definition) is 4. The molecule has 0 amide bonds. The van der Waals surface area contributed by atoms with Crippen LogP contribution in [0.4, 0.5) is 15.8 Å². The molecule has 1 aliphatic rings. The molecule has 1 heterocycles. The van der Waals surface area contributed by atoms with Crippen LogP contribution in [0.2, 0.25) is 0 Å². The number of nitrogens with zero attached hydrogens (tertiary/aromatic N) is 1. The van der Waals surface area contributed by atoms with Gasteiger partial charge in [0.05, 0.1) is 20.4 Å². The lowest BCUT2D eigenvalue weighted by molar-refractivity contribution is -0.384. The van der Waals surface area contributed by atoms with Gasteiger partial charge >= 0.3 is 0 Å². The Kier molecular flexibility index (Phi) is 3.95. The van der Waals surface area contributed by atoms with E-state index in [0.717, 1.165) is 34.7 Å². The van der Waals surface area contributed by atoms with Gasteiger partial charge in [0.2, 0.25) is 0 Å². The predicted molar refractivity (Wildman–Crippen MR) is 84.4 cm³/mol. The van der Waals surface area contributed by atoms with Crippen LogP contribution in [0.5, 0.6) is 0 Å². The first-order valence-electron chi connectivity index (χ1n) is 6.53. The van der Waals surface area contributed by atoms with Gasteiger partial charge in [0.1, 0.15) is 5.82 Å². The van der Waals surface area contributed by atoms with E-state index in [2.05, 4.69) is 21.2 Å². The highest BCUT2D eigenvalue weighted by Gasteiger charge is 2.24. The van der Waals surface area contributed by atoms with Crippen molar-refractivity contribution >= 4 is 38.6 Å². The second-order valence-electron chi connectivity index (χ2n) is 4.94. The van der Waals surface area contributed by atoms with E-state index in [1.807, 2.05) is 6.07 Å². The second-order valence-corrected chi connectivity index (χ2v) is 7.46. The van der Waals surface area contributed by atoms with Crippen LogP contribution in [0, 0.1) is 15.9 Å². The summed E-state index contributed by atoms with van der Waals surface area (Å²) in [5, 5.41) is 13.9. The molecule has 0 spiro atoms. The smallest absolute Gasteiger partial charge is 0.271 e. The fourth-order valence-electron chi connectivity index (χ4n) is 2.60. The molecule has 7 heteroatoms. The summed E-state index contributed by atoms with van der Waals surface area (Å²) in [6.45, 7) is 0. The topological polar surface area (TPSA) is 55.2 Å². The van der Waals surface area contributed by atoms with Crippen LogP contribution in [-0.4, -0.2) is 4.92 Å². The SMILES string of the molecule is O=[N+]([O-])c1ccc(F)c(NC2CCCc3sc(Br)cc32)c1. The van der Waals surface area contributed by atoms with Crippen molar-refractivity contribution in [2.45, 2.75) is 25.3 Å². The first kappa shape index (κ1) is 14.5. The van der Waals surface area contributed by atoms with Gasteiger partial charge in [0, 0.05) is 17.0 Å². The summed E-state index contributed by atoms with van der Waals surface area (Å²) in [7, 11) is 0. The summed E-state index contributed by atoms with van der Waals surface area (Å²) in [4.78, 5) is 11.6. The molecule has 0 aliphatic heterocycles. The Morgan fingerprint density at radius 1 is 1.43 bits per heavy atom. The molecule has 2 aromatic rings. The molecular formula is C14H12BrFN2O2S. The highest BCUT2D eigenvalue weighted by molar-refractivity contribution is 9.11. The average molecular weight is 371 g/mol. The first-order chi connectivity index (χ1) is 10.0. The average Bonchev–Trinajstić information content (AvgIpc) is 2.82. The van der Waals surface area contributed by atoms with Gasteiger partial charge in [-0.25, -0.2) is 4.39 Å². The Labute approximate surface area is 133 Å². The fourth-order valence-corrected chi connectivity index (χ4v) is 4.42. The van der Waals surface area contributed by atoms with Gasteiger partial charge in [0.15, 0.2) is 0 Å². The molecule has 1 aromatic carbocycles. The highest BCUT2D eigenvalue weighted by Crippen LogP contribution is 2.40. The zero-order chi connectivity index (χ0) is 15.0. The van der Waals surface area contributed by atoms with Crippen LogP contribution >= 0.6 is 27.3 Å². The summed E-state index contributed by atoms with van der Waals surface area (Å²) in [5.74, 6) is -0.470. The maximum atomic E-state index is 13.9. The van der Waals surface area contributed by atoms with E-state index < -0.39 is 10.7 Å². The Balaban J connectivity index is 1.91. The molecule has 1 atom stereocenters. The van der Waals surface area contributed by atoms with Gasteiger partial charge in [-0.2, -0.15) is 0 Å². The predicted octanol–water partition coefficient (Wildman–Crippen LogP) is 5.05. The lowest BCUT2D eigenvalue weighted by atomic mass is 9.94. The fraction of sp³-hybridized carbons (Fsp3) is 0.286. The van der Waals surface area contributed by atoms with Crippen molar-refractivity contribution in [3.63, 3.8) is 0 Å². The number of rotatable bonds is 3. The van der Waals surface area contributed by atoms with Gasteiger partial charge in [0.25, 0.3) is 5.69 Å². The van der Waals surface area contributed by atoms with Gasteiger partial charge < -0.3 is 5.32 Å². The molecule has 1 aromatic heterocycles. The van der Waals surface area contributed by atoms with Crippen molar-refractivity contribution in [3.8, 4) is 0 Å². The van der Waals surface area contributed by atoms with Crippen LogP contribution in [0.25, 0.3) is 0 Å². The molecule has 0 radical (unpaired) electrons. The third kappa shape index (κ3) is 2.94. The number of nitrogens with one attached hydrogen (secondary N) is 1. The summed E-state index contributed by atoms with van der Waals surface area (Å²) in [6.07, 6.45) is 2.94. The minimum absolute atomic E-state index is 0.00666. The first-order valence-corrected chi connectivity index (χ1v) is 8.14. The van der Waals surface area contributed by atoms with Crippen molar-refractivity contribution in [1.82, 2.24) is 0 Å². The van der Waals surface area contributed by atoms with E-state index in [1.54, 1.807) is 11.3 Å². The van der Waals surface area contributed by atoms with E-state index in [9.17, 15) is 14.5 Å². The van der Waals surface area contributed by atoms with Crippen LogP contribution in [0.3, 0.4) is 0 Å². The van der Waals surface area contributed by atoms with E-state index >= 15 is 0 Å². The third-order valence-electron chi connectivity index (χ3n) is 3.57. The number of anilines is 1. The van der Waals surface area contributed by atoms with Crippen molar-refractivity contribution in [2.24, 2.45) is 0 Å². The zero-order valence-electron chi connectivity index (χ0n) is 10.9. The number of benzene rings is 1. The molecule has 110 valence electrons. The normalized spacial score (nSPS) is 17.3. The van der Waals surface area contributed by atoms with Crippen molar-refractivity contribution in [3.05, 3.63) is 54.4 Å². The van der Waals surface area contributed by atoms with E-state index in [4.69, 9.17) is 0 Å². The van der Waals surface area contributed by atoms with Crippen LogP contribution in [-0.2, 0) is 6.42 Å². The molecule has 0 saturated carbocycles. The molecule has 4 nitrogen and oxygen atoms in total. The quantitative estimate of drug-likeness (QED) is 0.607. The standard InChI is InChI=1S/C14H12BrFN2O2S/c15-14-7-9-11(2-1-3-13(9)21-14)17-12-6-8(18(19)20)4-5-10(12)16/h4-7,11,17H,1-3H2. The molecule has 1 aliphatic carbocycles.